The average Bonchev–Trinajstić information content (AvgIpc) is 2.42. The highest BCUT2D eigenvalue weighted by atomic mass is 32.2. The maximum atomic E-state index is 12.7. The highest BCUT2D eigenvalue weighted by Gasteiger charge is 2.34. The minimum Gasteiger partial charge on any atom is -0.494 e. The Balaban J connectivity index is 2.25. The van der Waals surface area contributed by atoms with Crippen LogP contribution >= 0.6 is 0 Å². The number of hydrogen-bond donors (Lipinski definition) is 1. The van der Waals surface area contributed by atoms with E-state index in [1.54, 1.807) is 28.6 Å². The number of rotatable bonds is 4. The van der Waals surface area contributed by atoms with Gasteiger partial charge in [-0.15, -0.1) is 0 Å². The lowest BCUT2D eigenvalue weighted by Gasteiger charge is -2.37. The average molecular weight is 298 g/mol. The highest BCUT2D eigenvalue weighted by Crippen LogP contribution is 2.23. The molecule has 2 rings (SSSR count). The summed E-state index contributed by atoms with van der Waals surface area (Å²) in [5.41, 5.74) is 0. The smallest absolute Gasteiger partial charge is 0.243 e. The third-order valence-corrected chi connectivity index (χ3v) is 5.72. The molecule has 0 saturated carbocycles. The summed E-state index contributed by atoms with van der Waals surface area (Å²) >= 11 is 0. The van der Waals surface area contributed by atoms with Crippen molar-refractivity contribution in [3.63, 3.8) is 0 Å². The Morgan fingerprint density at radius 2 is 1.95 bits per heavy atom. The fraction of sp³-hybridized carbons (Fsp3) is 0.571. The number of sulfonamides is 1. The van der Waals surface area contributed by atoms with Gasteiger partial charge in [-0.3, -0.25) is 0 Å². The van der Waals surface area contributed by atoms with Crippen LogP contribution in [0, 0.1) is 0 Å². The lowest BCUT2D eigenvalue weighted by atomic mass is 10.1. The maximum absolute atomic E-state index is 12.7. The van der Waals surface area contributed by atoms with Gasteiger partial charge in [-0.2, -0.15) is 4.31 Å². The third kappa shape index (κ3) is 2.97. The second-order valence-electron chi connectivity index (χ2n) is 5.00. The topological polar surface area (TPSA) is 58.6 Å². The predicted octanol–water partition coefficient (Wildman–Crippen LogP) is 1.46. The minimum absolute atomic E-state index is 0.0553. The molecule has 5 nitrogen and oxygen atoms in total. The van der Waals surface area contributed by atoms with Gasteiger partial charge in [0.2, 0.25) is 10.0 Å². The lowest BCUT2D eigenvalue weighted by Crippen LogP contribution is -2.57. The quantitative estimate of drug-likeness (QED) is 0.914. The van der Waals surface area contributed by atoms with E-state index in [-0.39, 0.29) is 12.1 Å². The van der Waals surface area contributed by atoms with Crippen LogP contribution in [-0.2, 0) is 10.0 Å². The molecule has 0 radical (unpaired) electrons. The van der Waals surface area contributed by atoms with Gasteiger partial charge in [-0.25, -0.2) is 8.42 Å². The first-order valence-electron chi connectivity index (χ1n) is 6.95. The van der Waals surface area contributed by atoms with Crippen LogP contribution < -0.4 is 10.1 Å². The second-order valence-corrected chi connectivity index (χ2v) is 6.89. The van der Waals surface area contributed by atoms with Gasteiger partial charge in [-0.05, 0) is 45.0 Å². The van der Waals surface area contributed by atoms with Crippen molar-refractivity contribution in [3.8, 4) is 5.75 Å². The van der Waals surface area contributed by atoms with Gasteiger partial charge in [-0.1, -0.05) is 0 Å². The molecule has 1 saturated heterocycles. The van der Waals surface area contributed by atoms with Crippen molar-refractivity contribution < 1.29 is 13.2 Å². The second kappa shape index (κ2) is 6.11. The van der Waals surface area contributed by atoms with E-state index in [0.29, 0.717) is 30.3 Å². The van der Waals surface area contributed by atoms with E-state index < -0.39 is 10.0 Å². The summed E-state index contributed by atoms with van der Waals surface area (Å²) in [6, 6.07) is 6.72. The zero-order valence-corrected chi connectivity index (χ0v) is 13.0. The number of benzene rings is 1. The normalized spacial score (nSPS) is 24.6. The molecule has 0 aromatic heterocycles. The molecule has 0 spiro atoms. The van der Waals surface area contributed by atoms with Crippen LogP contribution in [0.5, 0.6) is 5.75 Å². The molecular formula is C14H22N2O3S. The molecule has 1 aliphatic rings. The summed E-state index contributed by atoms with van der Waals surface area (Å²) < 4.78 is 32.3. The van der Waals surface area contributed by atoms with Crippen LogP contribution in [-0.4, -0.2) is 44.5 Å². The Hall–Kier alpha value is -1.11. The molecule has 20 heavy (non-hydrogen) atoms. The molecule has 1 heterocycles. The van der Waals surface area contributed by atoms with Crippen molar-refractivity contribution in [3.05, 3.63) is 24.3 Å². The molecule has 2 atom stereocenters. The van der Waals surface area contributed by atoms with Gasteiger partial charge in [0, 0.05) is 25.2 Å². The molecule has 1 aliphatic heterocycles. The van der Waals surface area contributed by atoms with Crippen LogP contribution in [0.4, 0.5) is 0 Å². The van der Waals surface area contributed by atoms with E-state index >= 15 is 0 Å². The van der Waals surface area contributed by atoms with E-state index in [1.807, 2.05) is 20.8 Å². The number of ether oxygens (including phenoxy) is 1. The Kier molecular flexibility index (Phi) is 4.67. The summed E-state index contributed by atoms with van der Waals surface area (Å²) in [5.74, 6) is 0.688. The third-order valence-electron chi connectivity index (χ3n) is 3.72. The SMILES string of the molecule is CCOc1ccc(S(=O)(=O)N2CCNC(C)C2C)cc1. The fourth-order valence-corrected chi connectivity index (χ4v) is 4.08. The van der Waals surface area contributed by atoms with Crippen LogP contribution in [0.1, 0.15) is 20.8 Å². The summed E-state index contributed by atoms with van der Waals surface area (Å²) in [7, 11) is -3.44. The highest BCUT2D eigenvalue weighted by molar-refractivity contribution is 7.89. The summed E-state index contributed by atoms with van der Waals surface area (Å²) in [4.78, 5) is 0.321. The first kappa shape index (κ1) is 15.3. The Labute approximate surface area is 121 Å². The summed E-state index contributed by atoms with van der Waals surface area (Å²) in [6.07, 6.45) is 0. The first-order chi connectivity index (χ1) is 9.46. The van der Waals surface area contributed by atoms with Crippen molar-refractivity contribution in [2.24, 2.45) is 0 Å². The fourth-order valence-electron chi connectivity index (χ4n) is 2.37. The van der Waals surface area contributed by atoms with Gasteiger partial charge < -0.3 is 10.1 Å². The van der Waals surface area contributed by atoms with E-state index in [1.165, 1.54) is 0 Å². The Morgan fingerprint density at radius 3 is 2.55 bits per heavy atom. The van der Waals surface area contributed by atoms with Crippen molar-refractivity contribution in [1.29, 1.82) is 0 Å². The Morgan fingerprint density at radius 1 is 1.30 bits per heavy atom. The minimum atomic E-state index is -3.44. The van der Waals surface area contributed by atoms with Crippen LogP contribution in [0.25, 0.3) is 0 Å². The Bertz CT molecular complexity index is 542. The van der Waals surface area contributed by atoms with Crippen molar-refractivity contribution in [2.75, 3.05) is 19.7 Å². The molecule has 1 aromatic rings. The summed E-state index contributed by atoms with van der Waals surface area (Å²) in [6.45, 7) is 7.59. The first-order valence-corrected chi connectivity index (χ1v) is 8.39. The largest absolute Gasteiger partial charge is 0.494 e. The monoisotopic (exact) mass is 298 g/mol. The molecular weight excluding hydrogens is 276 g/mol. The van der Waals surface area contributed by atoms with E-state index in [0.717, 1.165) is 0 Å². The van der Waals surface area contributed by atoms with Gasteiger partial charge in [0.25, 0.3) is 0 Å². The summed E-state index contributed by atoms with van der Waals surface area (Å²) in [5, 5.41) is 3.29. The maximum Gasteiger partial charge on any atom is 0.243 e. The number of piperazine rings is 1. The van der Waals surface area contributed by atoms with Crippen LogP contribution in [0.3, 0.4) is 0 Å². The number of hydrogen-bond acceptors (Lipinski definition) is 4. The molecule has 0 aliphatic carbocycles. The standard InChI is InChI=1S/C14H22N2O3S/c1-4-19-13-5-7-14(8-6-13)20(17,18)16-10-9-15-11(2)12(16)3/h5-8,11-12,15H,4,9-10H2,1-3H3. The van der Waals surface area contributed by atoms with E-state index in [2.05, 4.69) is 5.32 Å². The lowest BCUT2D eigenvalue weighted by molar-refractivity contribution is 0.233. The van der Waals surface area contributed by atoms with Gasteiger partial charge in [0.1, 0.15) is 5.75 Å². The molecule has 1 fully saturated rings. The van der Waals surface area contributed by atoms with Gasteiger partial charge in [0.05, 0.1) is 11.5 Å². The van der Waals surface area contributed by atoms with Crippen molar-refractivity contribution in [2.45, 2.75) is 37.8 Å². The van der Waals surface area contributed by atoms with E-state index in [4.69, 9.17) is 4.74 Å². The van der Waals surface area contributed by atoms with E-state index in [9.17, 15) is 8.42 Å². The molecule has 6 heteroatoms. The molecule has 2 unspecified atom stereocenters. The molecule has 1 aromatic carbocycles. The number of nitrogens with one attached hydrogen (secondary N) is 1. The zero-order chi connectivity index (χ0) is 14.8. The van der Waals surface area contributed by atoms with Gasteiger partial charge >= 0.3 is 0 Å². The van der Waals surface area contributed by atoms with Crippen LogP contribution in [0.15, 0.2) is 29.2 Å². The predicted molar refractivity (Wildman–Crippen MR) is 78.4 cm³/mol. The van der Waals surface area contributed by atoms with Crippen molar-refractivity contribution >= 4 is 10.0 Å². The zero-order valence-electron chi connectivity index (χ0n) is 12.2. The van der Waals surface area contributed by atoms with Crippen molar-refractivity contribution in [1.82, 2.24) is 9.62 Å². The molecule has 112 valence electrons. The van der Waals surface area contributed by atoms with Gasteiger partial charge in [0.15, 0.2) is 0 Å². The number of nitrogens with zero attached hydrogens (tertiary/aromatic N) is 1. The molecule has 0 bridgehead atoms. The molecule has 1 N–H and O–H groups in total. The van der Waals surface area contributed by atoms with Crippen LogP contribution in [0.2, 0.25) is 0 Å². The molecule has 0 amide bonds.